The summed E-state index contributed by atoms with van der Waals surface area (Å²) in [7, 11) is 0. The Hall–Kier alpha value is 0.01000. The predicted octanol–water partition coefficient (Wildman–Crippen LogP) is 3.50. The van der Waals surface area contributed by atoms with Crippen LogP contribution in [0.3, 0.4) is 0 Å². The average Bonchev–Trinajstić information content (AvgIpc) is 2.08. The molecule has 0 fully saturated rings. The first-order valence-corrected chi connectivity index (χ1v) is 6.08. The molecule has 0 aliphatic rings. The highest BCUT2D eigenvalue weighted by molar-refractivity contribution is 9.10. The third-order valence-electron chi connectivity index (χ3n) is 1.54. The smallest absolute Gasteiger partial charge is 0.0467 e. The standard InChI is InChI=1S/C10H14BrNS/c1-8(2)12-7-13-10-5-3-9(11)4-6-10/h3-6,8,12H,7H2,1-2H3. The zero-order chi connectivity index (χ0) is 9.68. The highest BCUT2D eigenvalue weighted by Crippen LogP contribution is 2.19. The lowest BCUT2D eigenvalue weighted by molar-refractivity contribution is 0.654. The van der Waals surface area contributed by atoms with E-state index in [1.165, 1.54) is 4.90 Å². The van der Waals surface area contributed by atoms with Gasteiger partial charge in [0.2, 0.25) is 0 Å². The van der Waals surface area contributed by atoms with Crippen LogP contribution in [0.15, 0.2) is 33.6 Å². The molecule has 0 heterocycles. The van der Waals surface area contributed by atoms with Crippen molar-refractivity contribution >= 4 is 27.7 Å². The third kappa shape index (κ3) is 4.69. The summed E-state index contributed by atoms with van der Waals surface area (Å²) >= 11 is 5.24. The van der Waals surface area contributed by atoms with Gasteiger partial charge >= 0.3 is 0 Å². The molecule has 0 atom stereocenters. The van der Waals surface area contributed by atoms with E-state index in [1.807, 2.05) is 11.8 Å². The van der Waals surface area contributed by atoms with Gasteiger partial charge in [-0.3, -0.25) is 0 Å². The van der Waals surface area contributed by atoms with Crippen LogP contribution in [0.1, 0.15) is 13.8 Å². The molecule has 1 aromatic carbocycles. The van der Waals surface area contributed by atoms with E-state index in [0.29, 0.717) is 6.04 Å². The molecule has 0 aliphatic carbocycles. The molecule has 0 saturated carbocycles. The van der Waals surface area contributed by atoms with Crippen LogP contribution in [0, 0.1) is 0 Å². The molecule has 0 spiro atoms. The molecular formula is C10H14BrNS. The van der Waals surface area contributed by atoms with E-state index >= 15 is 0 Å². The maximum absolute atomic E-state index is 3.41. The zero-order valence-electron chi connectivity index (χ0n) is 7.88. The molecule has 1 aromatic rings. The van der Waals surface area contributed by atoms with Gasteiger partial charge in [0.25, 0.3) is 0 Å². The second kappa shape index (κ2) is 5.68. The quantitative estimate of drug-likeness (QED) is 0.657. The number of benzene rings is 1. The number of nitrogens with one attached hydrogen (secondary N) is 1. The van der Waals surface area contributed by atoms with Crippen LogP contribution in [-0.4, -0.2) is 11.9 Å². The van der Waals surface area contributed by atoms with Gasteiger partial charge < -0.3 is 5.32 Å². The van der Waals surface area contributed by atoms with Gasteiger partial charge in [0.15, 0.2) is 0 Å². The molecule has 0 radical (unpaired) electrons. The number of hydrogen-bond acceptors (Lipinski definition) is 2. The van der Waals surface area contributed by atoms with Crippen LogP contribution >= 0.6 is 27.7 Å². The molecule has 13 heavy (non-hydrogen) atoms. The van der Waals surface area contributed by atoms with Crippen molar-refractivity contribution in [2.75, 3.05) is 5.88 Å². The monoisotopic (exact) mass is 259 g/mol. The number of halogens is 1. The Morgan fingerprint density at radius 1 is 1.31 bits per heavy atom. The third-order valence-corrected chi connectivity index (χ3v) is 2.99. The molecule has 72 valence electrons. The van der Waals surface area contributed by atoms with E-state index in [9.17, 15) is 0 Å². The Morgan fingerprint density at radius 3 is 2.46 bits per heavy atom. The SMILES string of the molecule is CC(C)NCSc1ccc(Br)cc1. The molecule has 3 heteroatoms. The lowest BCUT2D eigenvalue weighted by Crippen LogP contribution is -2.21. The summed E-state index contributed by atoms with van der Waals surface area (Å²) in [6.07, 6.45) is 0. The van der Waals surface area contributed by atoms with E-state index in [4.69, 9.17) is 0 Å². The van der Waals surface area contributed by atoms with Gasteiger partial charge in [-0.2, -0.15) is 0 Å². The summed E-state index contributed by atoms with van der Waals surface area (Å²) in [6.45, 7) is 4.31. The minimum Gasteiger partial charge on any atom is -0.305 e. The largest absolute Gasteiger partial charge is 0.305 e. The molecule has 0 bridgehead atoms. The average molecular weight is 260 g/mol. The van der Waals surface area contributed by atoms with E-state index in [-0.39, 0.29) is 0 Å². The molecule has 0 amide bonds. The Kier molecular flexibility index (Phi) is 4.84. The van der Waals surface area contributed by atoms with E-state index in [0.717, 1.165) is 10.3 Å². The van der Waals surface area contributed by atoms with Crippen LogP contribution in [0.4, 0.5) is 0 Å². The minimum absolute atomic E-state index is 0.558. The summed E-state index contributed by atoms with van der Waals surface area (Å²) < 4.78 is 1.13. The molecule has 1 rings (SSSR count). The van der Waals surface area contributed by atoms with Gasteiger partial charge in [-0.15, -0.1) is 11.8 Å². The predicted molar refractivity (Wildman–Crippen MR) is 63.1 cm³/mol. The molecule has 0 aromatic heterocycles. The summed E-state index contributed by atoms with van der Waals surface area (Å²) in [5.41, 5.74) is 0. The van der Waals surface area contributed by atoms with E-state index in [1.54, 1.807) is 0 Å². The summed E-state index contributed by atoms with van der Waals surface area (Å²) in [5, 5.41) is 3.36. The Balaban J connectivity index is 2.33. The molecule has 0 aliphatic heterocycles. The van der Waals surface area contributed by atoms with Crippen molar-refractivity contribution in [2.45, 2.75) is 24.8 Å². The topological polar surface area (TPSA) is 12.0 Å². The highest BCUT2D eigenvalue weighted by atomic mass is 79.9. The van der Waals surface area contributed by atoms with Crippen LogP contribution in [0.2, 0.25) is 0 Å². The summed E-state index contributed by atoms with van der Waals surface area (Å²) in [5.74, 6) is 0.972. The fraction of sp³-hybridized carbons (Fsp3) is 0.400. The lowest BCUT2D eigenvalue weighted by Gasteiger charge is -2.07. The molecule has 1 N–H and O–H groups in total. The van der Waals surface area contributed by atoms with Crippen molar-refractivity contribution in [1.29, 1.82) is 0 Å². The normalized spacial score (nSPS) is 10.8. The summed E-state index contributed by atoms with van der Waals surface area (Å²) in [6, 6.07) is 8.94. The second-order valence-electron chi connectivity index (χ2n) is 3.10. The fourth-order valence-electron chi connectivity index (χ4n) is 0.822. The fourth-order valence-corrected chi connectivity index (χ4v) is 2.00. The molecule has 1 nitrogen and oxygen atoms in total. The van der Waals surface area contributed by atoms with Gasteiger partial charge in [0.05, 0.1) is 0 Å². The van der Waals surface area contributed by atoms with Gasteiger partial charge in [0, 0.05) is 21.3 Å². The van der Waals surface area contributed by atoms with Crippen LogP contribution < -0.4 is 5.32 Å². The van der Waals surface area contributed by atoms with Crippen LogP contribution in [0.25, 0.3) is 0 Å². The number of rotatable bonds is 4. The number of hydrogen-bond donors (Lipinski definition) is 1. The second-order valence-corrected chi connectivity index (χ2v) is 5.07. The first-order valence-electron chi connectivity index (χ1n) is 4.30. The van der Waals surface area contributed by atoms with Crippen LogP contribution in [0.5, 0.6) is 0 Å². The van der Waals surface area contributed by atoms with Crippen molar-refractivity contribution < 1.29 is 0 Å². The summed E-state index contributed by atoms with van der Waals surface area (Å²) in [4.78, 5) is 1.30. The Bertz CT molecular complexity index is 246. The first-order chi connectivity index (χ1) is 6.18. The van der Waals surface area contributed by atoms with Crippen molar-refractivity contribution in [2.24, 2.45) is 0 Å². The van der Waals surface area contributed by atoms with Crippen molar-refractivity contribution in [1.82, 2.24) is 5.32 Å². The maximum Gasteiger partial charge on any atom is 0.0467 e. The van der Waals surface area contributed by atoms with Crippen molar-refractivity contribution in [3.05, 3.63) is 28.7 Å². The Labute approximate surface area is 92.4 Å². The van der Waals surface area contributed by atoms with Crippen molar-refractivity contribution in [3.8, 4) is 0 Å². The van der Waals surface area contributed by atoms with Crippen LogP contribution in [-0.2, 0) is 0 Å². The van der Waals surface area contributed by atoms with Crippen molar-refractivity contribution in [3.63, 3.8) is 0 Å². The molecule has 0 unspecified atom stereocenters. The molecular weight excluding hydrogens is 246 g/mol. The molecule has 0 saturated heterocycles. The Morgan fingerprint density at radius 2 is 1.92 bits per heavy atom. The maximum atomic E-state index is 3.41. The highest BCUT2D eigenvalue weighted by Gasteiger charge is 1.94. The van der Waals surface area contributed by atoms with Gasteiger partial charge in [-0.1, -0.05) is 29.8 Å². The van der Waals surface area contributed by atoms with Gasteiger partial charge in [-0.05, 0) is 24.3 Å². The first kappa shape index (κ1) is 11.1. The van der Waals surface area contributed by atoms with Gasteiger partial charge in [0.1, 0.15) is 0 Å². The lowest BCUT2D eigenvalue weighted by atomic mass is 10.4. The number of thioether (sulfide) groups is 1. The van der Waals surface area contributed by atoms with E-state index < -0.39 is 0 Å². The zero-order valence-corrected chi connectivity index (χ0v) is 10.3. The van der Waals surface area contributed by atoms with Gasteiger partial charge in [-0.25, -0.2) is 0 Å². The minimum atomic E-state index is 0.558. The van der Waals surface area contributed by atoms with E-state index in [2.05, 4.69) is 59.4 Å².